The van der Waals surface area contributed by atoms with Crippen LogP contribution in [0.3, 0.4) is 0 Å². The summed E-state index contributed by atoms with van der Waals surface area (Å²) in [5.74, 6) is 0.281. The minimum absolute atomic E-state index is 0.184. The number of primary amides is 1. The van der Waals surface area contributed by atoms with Gasteiger partial charge in [0, 0.05) is 31.7 Å². The zero-order valence-corrected chi connectivity index (χ0v) is 22.9. The third-order valence-electron chi connectivity index (χ3n) is 7.09. The van der Waals surface area contributed by atoms with Gasteiger partial charge in [0.05, 0.1) is 18.3 Å². The minimum atomic E-state index is -0.610. The van der Waals surface area contributed by atoms with Gasteiger partial charge in [0.15, 0.2) is 0 Å². The maximum absolute atomic E-state index is 13.2. The molecule has 0 bridgehead atoms. The number of ether oxygens (including phenoxy) is 1. The molecule has 0 spiro atoms. The first kappa shape index (κ1) is 27.9. The molecule has 4 amide bonds. The van der Waals surface area contributed by atoms with Crippen LogP contribution in [0.4, 0.5) is 10.7 Å². The largest absolute Gasteiger partial charge is 0.494 e. The first-order valence-corrected chi connectivity index (χ1v) is 13.6. The quantitative estimate of drug-likeness (QED) is 0.275. The van der Waals surface area contributed by atoms with Crippen LogP contribution in [-0.4, -0.2) is 57.4 Å². The Morgan fingerprint density at radius 2 is 1.90 bits per heavy atom. The van der Waals surface area contributed by atoms with E-state index in [2.05, 4.69) is 26.0 Å². The summed E-state index contributed by atoms with van der Waals surface area (Å²) < 4.78 is 9.00. The Morgan fingerprint density at radius 1 is 1.13 bits per heavy atom. The fraction of sp³-hybridized carbons (Fsp3) is 0.519. The van der Waals surface area contributed by atoms with Crippen LogP contribution in [0, 0.1) is 12.8 Å². The normalized spacial score (nSPS) is 13.8. The van der Waals surface area contributed by atoms with Crippen molar-refractivity contribution in [2.75, 3.05) is 25.5 Å². The summed E-state index contributed by atoms with van der Waals surface area (Å²) in [4.78, 5) is 42.0. The lowest BCUT2D eigenvalue weighted by atomic mass is 9.89. The number of amides is 4. The third kappa shape index (κ3) is 6.68. The molecule has 1 fully saturated rings. The molecule has 2 heterocycles. The summed E-state index contributed by atoms with van der Waals surface area (Å²) in [6, 6.07) is 4.66. The third-order valence-corrected chi connectivity index (χ3v) is 7.09. The topological polar surface area (TPSA) is 158 Å². The molecule has 0 radical (unpaired) electrons. The summed E-state index contributed by atoms with van der Waals surface area (Å²) in [5, 5.41) is 13.1. The van der Waals surface area contributed by atoms with E-state index in [9.17, 15) is 14.4 Å². The van der Waals surface area contributed by atoms with Crippen molar-refractivity contribution in [2.45, 2.75) is 65.5 Å². The van der Waals surface area contributed by atoms with Crippen LogP contribution >= 0.6 is 0 Å². The average molecular weight is 539 g/mol. The van der Waals surface area contributed by atoms with Crippen molar-refractivity contribution < 1.29 is 19.1 Å². The number of hydrogen-bond acceptors (Lipinski definition) is 6. The average Bonchev–Trinajstić information content (AvgIpc) is 3.49. The van der Waals surface area contributed by atoms with E-state index in [0.717, 1.165) is 5.69 Å². The molecular weight excluding hydrogens is 500 g/mol. The van der Waals surface area contributed by atoms with Crippen LogP contribution < -0.4 is 26.4 Å². The van der Waals surface area contributed by atoms with Crippen LogP contribution in [0.1, 0.15) is 72.0 Å². The van der Waals surface area contributed by atoms with Crippen molar-refractivity contribution in [3.05, 3.63) is 35.2 Å². The van der Waals surface area contributed by atoms with Gasteiger partial charge in [-0.1, -0.05) is 19.3 Å². The highest BCUT2D eigenvalue weighted by Crippen LogP contribution is 2.31. The molecule has 0 saturated heterocycles. The van der Waals surface area contributed by atoms with Gasteiger partial charge in [-0.2, -0.15) is 5.10 Å². The fourth-order valence-corrected chi connectivity index (χ4v) is 5.11. The first-order chi connectivity index (χ1) is 18.8. The zero-order chi connectivity index (χ0) is 27.9. The monoisotopic (exact) mass is 538 g/mol. The molecule has 0 unspecified atom stereocenters. The summed E-state index contributed by atoms with van der Waals surface area (Å²) in [6.45, 7) is 5.82. The predicted molar refractivity (Wildman–Crippen MR) is 148 cm³/mol. The lowest BCUT2D eigenvalue weighted by Crippen LogP contribution is -2.39. The standard InChI is InChI=1S/C27H38N8O4/c1-4-35-21(13-17(2)33-35)25(37)32-26-31-20-14-19(24(28)36)15-22(39-3)23(20)34(26)12-8-11-29-27(38)30-16-18-9-6-5-7-10-18/h13-15,18H,4-12,16H2,1-3H3,(H2,28,36)(H2,29,30,38)(H,31,32,37). The number of nitrogens with two attached hydrogens (primary N) is 1. The van der Waals surface area contributed by atoms with E-state index in [1.807, 2.05) is 18.4 Å². The van der Waals surface area contributed by atoms with Crippen LogP contribution in [0.25, 0.3) is 11.0 Å². The molecule has 12 nitrogen and oxygen atoms in total. The highest BCUT2D eigenvalue weighted by molar-refractivity contribution is 6.04. The summed E-state index contributed by atoms with van der Waals surface area (Å²) in [7, 11) is 1.50. The van der Waals surface area contributed by atoms with Crippen molar-refractivity contribution in [2.24, 2.45) is 11.7 Å². The Balaban J connectivity index is 1.51. The van der Waals surface area contributed by atoms with Gasteiger partial charge >= 0.3 is 6.03 Å². The molecule has 1 aliphatic rings. The van der Waals surface area contributed by atoms with Crippen LogP contribution in [0.5, 0.6) is 5.75 Å². The summed E-state index contributed by atoms with van der Waals surface area (Å²) in [6.07, 6.45) is 6.65. The number of aryl methyl sites for hydroxylation is 3. The van der Waals surface area contributed by atoms with Gasteiger partial charge in [0.1, 0.15) is 17.0 Å². The second-order valence-electron chi connectivity index (χ2n) is 9.93. The van der Waals surface area contributed by atoms with Crippen LogP contribution in [0.15, 0.2) is 18.2 Å². The number of carbonyl (C=O) groups excluding carboxylic acids is 3. The Hall–Kier alpha value is -4.09. The van der Waals surface area contributed by atoms with E-state index < -0.39 is 5.91 Å². The highest BCUT2D eigenvalue weighted by Gasteiger charge is 2.21. The molecule has 5 N–H and O–H groups in total. The number of rotatable bonds is 11. The number of urea groups is 1. The number of anilines is 1. The molecule has 1 aromatic carbocycles. The maximum atomic E-state index is 13.2. The molecule has 1 saturated carbocycles. The van der Waals surface area contributed by atoms with E-state index in [0.29, 0.717) is 61.0 Å². The van der Waals surface area contributed by atoms with Crippen LogP contribution in [-0.2, 0) is 13.1 Å². The maximum Gasteiger partial charge on any atom is 0.314 e. The number of nitrogens with one attached hydrogen (secondary N) is 3. The summed E-state index contributed by atoms with van der Waals surface area (Å²) >= 11 is 0. The van der Waals surface area contributed by atoms with E-state index in [1.165, 1.54) is 39.2 Å². The molecule has 39 heavy (non-hydrogen) atoms. The number of fused-ring (bicyclic) bond motifs is 1. The number of methoxy groups -OCH3 is 1. The van der Waals surface area contributed by atoms with Gasteiger partial charge in [-0.15, -0.1) is 0 Å². The molecule has 0 aliphatic heterocycles. The number of nitrogens with zero attached hydrogens (tertiary/aromatic N) is 4. The zero-order valence-electron chi connectivity index (χ0n) is 22.9. The van der Waals surface area contributed by atoms with Gasteiger partial charge in [0.2, 0.25) is 11.9 Å². The second kappa shape index (κ2) is 12.6. The fourth-order valence-electron chi connectivity index (χ4n) is 5.11. The molecule has 0 atom stereocenters. The molecule has 3 aromatic rings. The van der Waals surface area contributed by atoms with Gasteiger partial charge in [-0.05, 0) is 57.2 Å². The van der Waals surface area contributed by atoms with Crippen molar-refractivity contribution >= 4 is 34.8 Å². The van der Waals surface area contributed by atoms with Gasteiger partial charge < -0.3 is 25.7 Å². The van der Waals surface area contributed by atoms with E-state index in [-0.39, 0.29) is 23.5 Å². The predicted octanol–water partition coefficient (Wildman–Crippen LogP) is 3.19. The van der Waals surface area contributed by atoms with Crippen molar-refractivity contribution in [3.8, 4) is 5.75 Å². The smallest absolute Gasteiger partial charge is 0.314 e. The Morgan fingerprint density at radius 3 is 2.59 bits per heavy atom. The van der Waals surface area contributed by atoms with Crippen molar-refractivity contribution in [3.63, 3.8) is 0 Å². The van der Waals surface area contributed by atoms with Crippen molar-refractivity contribution in [1.29, 1.82) is 0 Å². The number of aromatic nitrogens is 4. The van der Waals surface area contributed by atoms with Crippen LogP contribution in [0.2, 0.25) is 0 Å². The number of benzene rings is 1. The van der Waals surface area contributed by atoms with E-state index >= 15 is 0 Å². The molecule has 1 aliphatic carbocycles. The Bertz CT molecular complexity index is 1340. The van der Waals surface area contributed by atoms with E-state index in [4.69, 9.17) is 10.5 Å². The molecular formula is C27H38N8O4. The molecule has 2 aromatic heterocycles. The highest BCUT2D eigenvalue weighted by atomic mass is 16.5. The lowest BCUT2D eigenvalue weighted by Gasteiger charge is -2.21. The number of hydrogen-bond donors (Lipinski definition) is 4. The Labute approximate surface area is 227 Å². The lowest BCUT2D eigenvalue weighted by molar-refractivity contribution is 0.0995. The molecule has 210 valence electrons. The molecule has 12 heteroatoms. The van der Waals surface area contributed by atoms with Gasteiger partial charge in [-0.25, -0.2) is 9.78 Å². The van der Waals surface area contributed by atoms with Gasteiger partial charge in [0.25, 0.3) is 5.91 Å². The molecule has 4 rings (SSSR count). The Kier molecular flexibility index (Phi) is 9.05. The second-order valence-corrected chi connectivity index (χ2v) is 9.93. The van der Waals surface area contributed by atoms with Gasteiger partial charge in [-0.3, -0.25) is 19.6 Å². The van der Waals surface area contributed by atoms with Crippen molar-refractivity contribution in [1.82, 2.24) is 30.0 Å². The SMILES string of the molecule is CCn1nc(C)cc1C(=O)Nc1nc2cc(C(N)=O)cc(OC)c2n1CCCNC(=O)NCC1CCCCC1. The summed E-state index contributed by atoms with van der Waals surface area (Å²) in [5.41, 5.74) is 7.97. The number of imidazole rings is 1. The van der Waals surface area contributed by atoms with E-state index in [1.54, 1.807) is 22.9 Å². The first-order valence-electron chi connectivity index (χ1n) is 13.6. The number of carbonyl (C=O) groups is 3. The minimum Gasteiger partial charge on any atom is -0.494 e.